The van der Waals surface area contributed by atoms with E-state index in [0.717, 1.165) is 11.1 Å². The van der Waals surface area contributed by atoms with Gasteiger partial charge < -0.3 is 14.4 Å². The Morgan fingerprint density at radius 3 is 2.38 bits per heavy atom. The Kier molecular flexibility index (Phi) is 7.68. The minimum Gasteiger partial charge on any atom is -0.342 e. The predicted molar refractivity (Wildman–Crippen MR) is 119 cm³/mol. The molecular formula is C19H20Cl2N3O3PS. The number of halogens is 2. The molecule has 0 aliphatic heterocycles. The molecule has 0 radical (unpaired) electrons. The molecule has 0 saturated heterocycles. The quantitative estimate of drug-likeness (QED) is 0.342. The van der Waals surface area contributed by atoms with Gasteiger partial charge in [-0.2, -0.15) is 0 Å². The van der Waals surface area contributed by atoms with Gasteiger partial charge in [0.1, 0.15) is 0 Å². The molecule has 6 nitrogen and oxygen atoms in total. The van der Waals surface area contributed by atoms with Gasteiger partial charge >= 0.3 is 7.60 Å². The van der Waals surface area contributed by atoms with Gasteiger partial charge in [0.2, 0.25) is 5.13 Å². The smallest absolute Gasteiger partial charge is 0.342 e. The highest BCUT2D eigenvalue weighted by molar-refractivity contribution is 7.54. The molecule has 3 rings (SSSR count). The first kappa shape index (κ1) is 22.2. The second kappa shape index (κ2) is 10.0. The molecule has 1 N–H and O–H groups in total. The maximum Gasteiger partial charge on any atom is 0.357 e. The first-order valence-electron chi connectivity index (χ1n) is 8.96. The van der Waals surface area contributed by atoms with Gasteiger partial charge in [-0.3, -0.25) is 4.57 Å². The van der Waals surface area contributed by atoms with Crippen molar-refractivity contribution >= 4 is 47.3 Å². The van der Waals surface area contributed by atoms with Crippen LogP contribution < -0.4 is 5.32 Å². The molecular weight excluding hydrogens is 452 g/mol. The zero-order valence-corrected chi connectivity index (χ0v) is 19.1. The number of aromatic nitrogens is 2. The maximum atomic E-state index is 13.5. The number of rotatable bonds is 9. The average molecular weight is 472 g/mol. The van der Waals surface area contributed by atoms with E-state index >= 15 is 0 Å². The van der Waals surface area contributed by atoms with Crippen molar-refractivity contribution in [2.24, 2.45) is 0 Å². The molecule has 0 spiro atoms. The summed E-state index contributed by atoms with van der Waals surface area (Å²) >= 11 is 13.5. The van der Waals surface area contributed by atoms with Gasteiger partial charge in [0.05, 0.1) is 18.2 Å². The van der Waals surface area contributed by atoms with Crippen molar-refractivity contribution in [1.29, 1.82) is 0 Å². The van der Waals surface area contributed by atoms with Gasteiger partial charge in [0.15, 0.2) is 10.8 Å². The van der Waals surface area contributed by atoms with Crippen LogP contribution in [0.15, 0.2) is 48.5 Å². The Hall–Kier alpha value is -1.47. The molecule has 0 saturated carbocycles. The van der Waals surface area contributed by atoms with Crippen LogP contribution in [0.1, 0.15) is 25.2 Å². The number of hydrogen-bond acceptors (Lipinski definition) is 7. The first-order valence-corrected chi connectivity index (χ1v) is 12.1. The van der Waals surface area contributed by atoms with E-state index in [1.807, 2.05) is 30.3 Å². The zero-order chi connectivity index (χ0) is 20.9. The molecule has 0 bridgehead atoms. The van der Waals surface area contributed by atoms with Crippen molar-refractivity contribution in [3.8, 4) is 10.6 Å². The normalized spacial score (nSPS) is 12.7. The van der Waals surface area contributed by atoms with Crippen molar-refractivity contribution in [1.82, 2.24) is 10.2 Å². The van der Waals surface area contributed by atoms with E-state index < -0.39 is 13.4 Å². The fourth-order valence-corrected chi connectivity index (χ4v) is 6.06. The van der Waals surface area contributed by atoms with Crippen LogP contribution in [0.25, 0.3) is 10.6 Å². The summed E-state index contributed by atoms with van der Waals surface area (Å²) in [6, 6.07) is 14.5. The average Bonchev–Trinajstić information content (AvgIpc) is 3.15. The fraction of sp³-hybridized carbons (Fsp3) is 0.263. The third-order valence-electron chi connectivity index (χ3n) is 3.90. The largest absolute Gasteiger partial charge is 0.357 e. The lowest BCUT2D eigenvalue weighted by atomic mass is 10.2. The summed E-state index contributed by atoms with van der Waals surface area (Å²) in [6.45, 7) is 4.06. The van der Waals surface area contributed by atoms with E-state index in [0.29, 0.717) is 20.2 Å². The molecule has 1 aromatic heterocycles. The molecule has 2 aromatic carbocycles. The third kappa shape index (κ3) is 5.37. The molecule has 1 atom stereocenters. The Morgan fingerprint density at radius 2 is 1.76 bits per heavy atom. The standard InChI is InChI=1S/C19H20Cl2N3O3PS/c1-3-26-28(25,27-4-2)17(13-8-6-5-7-9-13)22-19-24-23-18(29-19)15-11-10-14(20)12-16(15)21/h5-12,17H,3-4H2,1-2H3,(H,22,24). The summed E-state index contributed by atoms with van der Waals surface area (Å²) in [4.78, 5) is 0. The minimum absolute atomic E-state index is 0.254. The Balaban J connectivity index is 1.94. The molecule has 1 heterocycles. The summed E-state index contributed by atoms with van der Waals surface area (Å²) in [5, 5.41) is 13.7. The third-order valence-corrected chi connectivity index (χ3v) is 7.63. The highest BCUT2D eigenvalue weighted by Gasteiger charge is 2.37. The molecule has 0 aliphatic carbocycles. The van der Waals surface area contributed by atoms with E-state index in [4.69, 9.17) is 32.2 Å². The number of nitrogens with zero attached hydrogens (tertiary/aromatic N) is 2. The molecule has 3 aromatic rings. The van der Waals surface area contributed by atoms with Crippen LogP contribution in [0.4, 0.5) is 5.13 Å². The van der Waals surface area contributed by atoms with E-state index in [1.165, 1.54) is 11.3 Å². The van der Waals surface area contributed by atoms with Crippen LogP contribution in [-0.4, -0.2) is 23.4 Å². The number of benzene rings is 2. The molecule has 154 valence electrons. The van der Waals surface area contributed by atoms with E-state index in [9.17, 15) is 4.57 Å². The van der Waals surface area contributed by atoms with Gasteiger partial charge in [0.25, 0.3) is 0 Å². The Morgan fingerprint density at radius 1 is 1.07 bits per heavy atom. The van der Waals surface area contributed by atoms with Crippen molar-refractivity contribution in [2.45, 2.75) is 19.6 Å². The van der Waals surface area contributed by atoms with E-state index in [1.54, 1.807) is 32.0 Å². The lowest BCUT2D eigenvalue weighted by Crippen LogP contribution is -2.15. The molecule has 1 unspecified atom stereocenters. The van der Waals surface area contributed by atoms with Crippen molar-refractivity contribution in [2.75, 3.05) is 18.5 Å². The minimum atomic E-state index is -3.51. The number of nitrogens with one attached hydrogen (secondary N) is 1. The van der Waals surface area contributed by atoms with Gasteiger partial charge in [-0.05, 0) is 37.6 Å². The van der Waals surface area contributed by atoms with Crippen LogP contribution in [0, 0.1) is 0 Å². The molecule has 0 fully saturated rings. The summed E-state index contributed by atoms with van der Waals surface area (Å²) in [5.41, 5.74) is 1.48. The predicted octanol–water partition coefficient (Wildman–Crippen LogP) is 6.89. The summed E-state index contributed by atoms with van der Waals surface area (Å²) in [7, 11) is -3.51. The Bertz CT molecular complexity index is 993. The van der Waals surface area contributed by atoms with Gasteiger partial charge in [-0.25, -0.2) is 0 Å². The topological polar surface area (TPSA) is 73.3 Å². The Labute approximate surface area is 183 Å². The second-order valence-corrected chi connectivity index (χ2v) is 9.80. The van der Waals surface area contributed by atoms with Crippen LogP contribution in [-0.2, 0) is 13.6 Å². The molecule has 0 aliphatic rings. The van der Waals surface area contributed by atoms with Gasteiger partial charge in [-0.1, -0.05) is 64.9 Å². The van der Waals surface area contributed by atoms with Gasteiger partial charge in [-0.15, -0.1) is 10.2 Å². The zero-order valence-electron chi connectivity index (χ0n) is 15.8. The van der Waals surface area contributed by atoms with Crippen molar-refractivity contribution < 1.29 is 13.6 Å². The fourth-order valence-electron chi connectivity index (χ4n) is 2.70. The monoisotopic (exact) mass is 471 g/mol. The van der Waals surface area contributed by atoms with Crippen LogP contribution >= 0.6 is 42.1 Å². The number of anilines is 1. The molecule has 10 heteroatoms. The summed E-state index contributed by atoms with van der Waals surface area (Å²) in [5.74, 6) is -0.731. The van der Waals surface area contributed by atoms with Gasteiger partial charge in [0, 0.05) is 10.6 Å². The summed E-state index contributed by atoms with van der Waals surface area (Å²) in [6.07, 6.45) is 0. The second-order valence-electron chi connectivity index (χ2n) is 5.87. The van der Waals surface area contributed by atoms with Crippen LogP contribution in [0.5, 0.6) is 0 Å². The first-order chi connectivity index (χ1) is 14.0. The maximum absolute atomic E-state index is 13.5. The van der Waals surface area contributed by atoms with Crippen molar-refractivity contribution in [3.63, 3.8) is 0 Å². The van der Waals surface area contributed by atoms with Crippen LogP contribution in [0.3, 0.4) is 0 Å². The van der Waals surface area contributed by atoms with E-state index in [-0.39, 0.29) is 13.2 Å². The molecule has 0 amide bonds. The highest BCUT2D eigenvalue weighted by atomic mass is 35.5. The lowest BCUT2D eigenvalue weighted by Gasteiger charge is -2.27. The van der Waals surface area contributed by atoms with Crippen molar-refractivity contribution in [3.05, 3.63) is 64.1 Å². The van der Waals surface area contributed by atoms with E-state index in [2.05, 4.69) is 15.5 Å². The SMILES string of the molecule is CCOP(=O)(OCC)C(Nc1nnc(-c2ccc(Cl)cc2Cl)s1)c1ccccc1. The lowest BCUT2D eigenvalue weighted by molar-refractivity contribution is 0.214. The highest BCUT2D eigenvalue weighted by Crippen LogP contribution is 2.60. The number of hydrogen-bond donors (Lipinski definition) is 1. The summed E-state index contributed by atoms with van der Waals surface area (Å²) < 4.78 is 24.6. The van der Waals surface area contributed by atoms with Crippen LogP contribution in [0.2, 0.25) is 10.0 Å². The molecule has 29 heavy (non-hydrogen) atoms.